The first kappa shape index (κ1) is 13.1. The lowest BCUT2D eigenvalue weighted by Crippen LogP contribution is -2.27. The highest BCUT2D eigenvalue weighted by molar-refractivity contribution is 5.96. The van der Waals surface area contributed by atoms with Crippen LogP contribution in [-0.2, 0) is 13.0 Å². The molecule has 0 unspecified atom stereocenters. The summed E-state index contributed by atoms with van der Waals surface area (Å²) in [6.45, 7) is 3.17. The van der Waals surface area contributed by atoms with E-state index < -0.39 is 0 Å². The molecular weight excluding hydrogens is 242 g/mol. The third-order valence-electron chi connectivity index (χ3n) is 2.78. The van der Waals surface area contributed by atoms with Gasteiger partial charge in [0.1, 0.15) is 0 Å². The predicted octanol–water partition coefficient (Wildman–Crippen LogP) is 0.853. The Morgan fingerprint density at radius 1 is 1.42 bits per heavy atom. The Balaban J connectivity index is 1.89. The summed E-state index contributed by atoms with van der Waals surface area (Å²) < 4.78 is 1.65. The number of pyridine rings is 1. The molecule has 0 saturated carbocycles. The molecule has 2 aromatic heterocycles. The number of amides is 1. The summed E-state index contributed by atoms with van der Waals surface area (Å²) >= 11 is 0. The van der Waals surface area contributed by atoms with Gasteiger partial charge in [-0.25, -0.2) is 0 Å². The molecule has 3 N–H and O–H groups in total. The summed E-state index contributed by atoms with van der Waals surface area (Å²) in [5, 5.41) is 6.93. The third kappa shape index (κ3) is 3.31. The number of nitrogens with one attached hydrogen (secondary N) is 1. The average molecular weight is 259 g/mol. The molecule has 0 radical (unpaired) electrons. The van der Waals surface area contributed by atoms with Crippen LogP contribution in [0.15, 0.2) is 30.7 Å². The minimum absolute atomic E-state index is 0.237. The third-order valence-corrected chi connectivity index (χ3v) is 2.78. The summed E-state index contributed by atoms with van der Waals surface area (Å²) in [6, 6.07) is 3.85. The fourth-order valence-corrected chi connectivity index (χ4v) is 1.73. The number of hydrogen-bond donors (Lipinski definition) is 2. The molecule has 19 heavy (non-hydrogen) atoms. The molecule has 0 spiro atoms. The zero-order valence-corrected chi connectivity index (χ0v) is 10.8. The van der Waals surface area contributed by atoms with E-state index >= 15 is 0 Å². The molecule has 0 aromatic carbocycles. The Hall–Kier alpha value is -2.37. The van der Waals surface area contributed by atoms with E-state index in [4.69, 9.17) is 5.73 Å². The molecule has 100 valence electrons. The van der Waals surface area contributed by atoms with Gasteiger partial charge in [0.25, 0.3) is 5.91 Å². The van der Waals surface area contributed by atoms with Crippen molar-refractivity contribution in [2.24, 2.45) is 0 Å². The molecule has 0 aliphatic carbocycles. The van der Waals surface area contributed by atoms with E-state index in [-0.39, 0.29) is 11.6 Å². The topological polar surface area (TPSA) is 85.8 Å². The molecule has 6 heteroatoms. The number of aryl methyl sites for hydroxylation is 1. The Morgan fingerprint density at radius 3 is 2.79 bits per heavy atom. The summed E-state index contributed by atoms with van der Waals surface area (Å²) in [5.41, 5.74) is 7.57. The van der Waals surface area contributed by atoms with Gasteiger partial charge in [-0.1, -0.05) is 0 Å². The maximum Gasteiger partial charge on any atom is 0.273 e. The van der Waals surface area contributed by atoms with Crippen LogP contribution >= 0.6 is 0 Å². The number of nitrogens with two attached hydrogens (primary N) is 1. The molecular formula is C13H17N5O. The summed E-state index contributed by atoms with van der Waals surface area (Å²) in [7, 11) is 0. The van der Waals surface area contributed by atoms with E-state index in [1.165, 1.54) is 0 Å². The van der Waals surface area contributed by atoms with Gasteiger partial charge in [0.2, 0.25) is 0 Å². The summed E-state index contributed by atoms with van der Waals surface area (Å²) in [6.07, 6.45) is 5.89. The van der Waals surface area contributed by atoms with Gasteiger partial charge in [0.15, 0.2) is 5.69 Å². The molecule has 2 aromatic rings. The van der Waals surface area contributed by atoms with Crippen molar-refractivity contribution in [2.45, 2.75) is 19.9 Å². The standard InChI is InChI=1S/C13H17N5O/c1-2-18-9-11(14)12(17-18)13(19)16-8-5-10-3-6-15-7-4-10/h3-4,6-7,9H,2,5,8,14H2,1H3,(H,16,19). The highest BCUT2D eigenvalue weighted by atomic mass is 16.1. The molecule has 0 aliphatic rings. The quantitative estimate of drug-likeness (QED) is 0.833. The minimum atomic E-state index is -0.237. The van der Waals surface area contributed by atoms with Gasteiger partial charge in [-0.2, -0.15) is 5.10 Å². The second-order valence-electron chi connectivity index (χ2n) is 4.15. The normalized spacial score (nSPS) is 10.4. The zero-order chi connectivity index (χ0) is 13.7. The van der Waals surface area contributed by atoms with Crippen LogP contribution in [0.25, 0.3) is 0 Å². The van der Waals surface area contributed by atoms with Gasteiger partial charge in [-0.05, 0) is 31.0 Å². The number of nitrogens with zero attached hydrogens (tertiary/aromatic N) is 3. The zero-order valence-electron chi connectivity index (χ0n) is 10.8. The molecule has 0 fully saturated rings. The number of rotatable bonds is 5. The smallest absolute Gasteiger partial charge is 0.273 e. The number of carbonyl (C=O) groups excluding carboxylic acids is 1. The number of carbonyl (C=O) groups is 1. The maximum absolute atomic E-state index is 11.9. The molecule has 1 amide bonds. The first-order valence-corrected chi connectivity index (χ1v) is 6.20. The van der Waals surface area contributed by atoms with E-state index in [1.807, 2.05) is 19.1 Å². The Bertz CT molecular complexity index is 549. The maximum atomic E-state index is 11.9. The largest absolute Gasteiger partial charge is 0.396 e. The predicted molar refractivity (Wildman–Crippen MR) is 72.6 cm³/mol. The van der Waals surface area contributed by atoms with Crippen LogP contribution in [0.5, 0.6) is 0 Å². The van der Waals surface area contributed by atoms with Gasteiger partial charge < -0.3 is 11.1 Å². The number of nitrogen functional groups attached to an aromatic ring is 1. The van der Waals surface area contributed by atoms with Crippen LogP contribution < -0.4 is 11.1 Å². The van der Waals surface area contributed by atoms with E-state index in [0.717, 1.165) is 12.0 Å². The monoisotopic (exact) mass is 259 g/mol. The van der Waals surface area contributed by atoms with Gasteiger partial charge >= 0.3 is 0 Å². The fourth-order valence-electron chi connectivity index (χ4n) is 1.73. The fraction of sp³-hybridized carbons (Fsp3) is 0.308. The van der Waals surface area contributed by atoms with E-state index in [9.17, 15) is 4.79 Å². The van der Waals surface area contributed by atoms with Crippen molar-refractivity contribution in [3.8, 4) is 0 Å². The molecule has 2 rings (SSSR count). The SMILES string of the molecule is CCn1cc(N)c(C(=O)NCCc2ccncc2)n1. The first-order chi connectivity index (χ1) is 9.20. The van der Waals surface area contributed by atoms with E-state index in [1.54, 1.807) is 23.3 Å². The first-order valence-electron chi connectivity index (χ1n) is 6.20. The van der Waals surface area contributed by atoms with E-state index in [2.05, 4.69) is 15.4 Å². The lowest BCUT2D eigenvalue weighted by Gasteiger charge is -2.03. The number of hydrogen-bond acceptors (Lipinski definition) is 4. The second-order valence-corrected chi connectivity index (χ2v) is 4.15. The van der Waals surface area contributed by atoms with Gasteiger partial charge in [0, 0.05) is 31.7 Å². The van der Waals surface area contributed by atoms with Gasteiger partial charge in [0.05, 0.1) is 5.69 Å². The van der Waals surface area contributed by atoms with Crippen LogP contribution in [0, 0.1) is 0 Å². The molecule has 0 saturated heterocycles. The van der Waals surface area contributed by atoms with Gasteiger partial charge in [-0.15, -0.1) is 0 Å². The van der Waals surface area contributed by atoms with Crippen molar-refractivity contribution in [1.29, 1.82) is 0 Å². The van der Waals surface area contributed by atoms with Crippen LogP contribution in [0.4, 0.5) is 5.69 Å². The molecule has 2 heterocycles. The van der Waals surface area contributed by atoms with Crippen molar-refractivity contribution in [3.63, 3.8) is 0 Å². The molecule has 0 aliphatic heterocycles. The van der Waals surface area contributed by atoms with Crippen molar-refractivity contribution in [3.05, 3.63) is 42.0 Å². The average Bonchev–Trinajstić information content (AvgIpc) is 2.81. The van der Waals surface area contributed by atoms with Crippen molar-refractivity contribution < 1.29 is 4.79 Å². The van der Waals surface area contributed by atoms with Crippen LogP contribution in [0.3, 0.4) is 0 Å². The summed E-state index contributed by atoms with van der Waals surface area (Å²) in [4.78, 5) is 15.8. The van der Waals surface area contributed by atoms with E-state index in [0.29, 0.717) is 18.8 Å². The highest BCUT2D eigenvalue weighted by Gasteiger charge is 2.13. The lowest BCUT2D eigenvalue weighted by molar-refractivity contribution is 0.0949. The van der Waals surface area contributed by atoms with Crippen LogP contribution in [0.2, 0.25) is 0 Å². The lowest BCUT2D eigenvalue weighted by atomic mass is 10.2. The van der Waals surface area contributed by atoms with Crippen molar-refractivity contribution in [2.75, 3.05) is 12.3 Å². The van der Waals surface area contributed by atoms with Crippen molar-refractivity contribution >= 4 is 11.6 Å². The highest BCUT2D eigenvalue weighted by Crippen LogP contribution is 2.08. The number of anilines is 1. The Labute approximate surface area is 111 Å². The Morgan fingerprint density at radius 2 is 2.16 bits per heavy atom. The minimum Gasteiger partial charge on any atom is -0.396 e. The van der Waals surface area contributed by atoms with Crippen LogP contribution in [-0.4, -0.2) is 27.2 Å². The summed E-state index contributed by atoms with van der Waals surface area (Å²) in [5.74, 6) is -0.237. The van der Waals surface area contributed by atoms with Crippen molar-refractivity contribution in [1.82, 2.24) is 20.1 Å². The second kappa shape index (κ2) is 5.99. The van der Waals surface area contributed by atoms with Gasteiger partial charge in [-0.3, -0.25) is 14.5 Å². The molecule has 0 bridgehead atoms. The molecule has 0 atom stereocenters. The number of aromatic nitrogens is 3. The Kier molecular flexibility index (Phi) is 4.12. The molecule has 6 nitrogen and oxygen atoms in total. The van der Waals surface area contributed by atoms with Crippen LogP contribution in [0.1, 0.15) is 23.0 Å².